The second-order valence-corrected chi connectivity index (χ2v) is 10.5. The summed E-state index contributed by atoms with van der Waals surface area (Å²) >= 11 is 1.93. The van der Waals surface area contributed by atoms with E-state index >= 15 is 0 Å². The summed E-state index contributed by atoms with van der Waals surface area (Å²) in [5.41, 5.74) is 16.0. The fourth-order valence-corrected chi connectivity index (χ4v) is 6.07. The van der Waals surface area contributed by atoms with Gasteiger partial charge in [0.2, 0.25) is 0 Å². The van der Waals surface area contributed by atoms with Crippen LogP contribution in [0.2, 0.25) is 0 Å². The number of hydrogen-bond acceptors (Lipinski definition) is 1. The van der Waals surface area contributed by atoms with Gasteiger partial charge in [0.1, 0.15) is 0 Å². The van der Waals surface area contributed by atoms with E-state index in [0.29, 0.717) is 0 Å². The Labute approximate surface area is 204 Å². The molecule has 0 heterocycles. The van der Waals surface area contributed by atoms with E-state index in [2.05, 4.69) is 116 Å². The molecule has 0 atom stereocenters. The molecule has 0 amide bonds. The summed E-state index contributed by atoms with van der Waals surface area (Å²) in [7, 11) is 0. The fraction of sp³-hybridized carbons (Fsp3) is 0.250. The van der Waals surface area contributed by atoms with Gasteiger partial charge in [-0.1, -0.05) is 83.6 Å². The van der Waals surface area contributed by atoms with E-state index in [4.69, 9.17) is 0 Å². The average Bonchev–Trinajstić information content (AvgIpc) is 2.75. The maximum absolute atomic E-state index is 2.29. The van der Waals surface area contributed by atoms with Gasteiger partial charge in [0.25, 0.3) is 0 Å². The predicted octanol–water partition coefficient (Wildman–Crippen LogP) is 9.64. The van der Waals surface area contributed by atoms with Crippen molar-refractivity contribution >= 4 is 11.8 Å². The Morgan fingerprint density at radius 3 is 1.12 bits per heavy atom. The van der Waals surface area contributed by atoms with Gasteiger partial charge in [-0.25, -0.2) is 0 Å². The first kappa shape index (κ1) is 23.4. The molecular formula is C32H34S. The van der Waals surface area contributed by atoms with Crippen LogP contribution in [0.25, 0.3) is 22.3 Å². The van der Waals surface area contributed by atoms with Crippen LogP contribution in [-0.4, -0.2) is 0 Å². The summed E-state index contributed by atoms with van der Waals surface area (Å²) in [5.74, 6) is 0. The number of aryl methyl sites for hydroxylation is 6. The quantitative estimate of drug-likeness (QED) is 0.298. The first-order valence-electron chi connectivity index (χ1n) is 11.7. The molecule has 0 radical (unpaired) electrons. The van der Waals surface area contributed by atoms with Crippen LogP contribution in [0.1, 0.15) is 44.5 Å². The van der Waals surface area contributed by atoms with E-state index in [9.17, 15) is 0 Å². The normalized spacial score (nSPS) is 11.2. The van der Waals surface area contributed by atoms with Crippen LogP contribution in [0.3, 0.4) is 0 Å². The lowest BCUT2D eigenvalue weighted by atomic mass is 9.94. The summed E-state index contributed by atoms with van der Waals surface area (Å²) in [6.45, 7) is 17.8. The zero-order chi connectivity index (χ0) is 23.9. The van der Waals surface area contributed by atoms with Gasteiger partial charge >= 0.3 is 0 Å². The van der Waals surface area contributed by atoms with E-state index in [-0.39, 0.29) is 0 Å². The molecule has 0 aliphatic rings. The average molecular weight is 451 g/mol. The van der Waals surface area contributed by atoms with Crippen molar-refractivity contribution in [1.29, 1.82) is 0 Å². The molecule has 0 saturated carbocycles. The van der Waals surface area contributed by atoms with Crippen LogP contribution >= 0.6 is 11.8 Å². The van der Waals surface area contributed by atoms with Crippen molar-refractivity contribution in [3.8, 4) is 22.3 Å². The SMILES string of the molecule is Cc1ccc(-c2ccc(C)c(Sc3c(C)ccc(-c4ccc(C)cc4C)c3C)c2C)c(C)c1. The second-order valence-electron chi connectivity index (χ2n) is 9.51. The van der Waals surface area contributed by atoms with E-state index in [0.717, 1.165) is 0 Å². The fourth-order valence-electron chi connectivity index (χ4n) is 4.89. The number of benzene rings is 4. The van der Waals surface area contributed by atoms with Gasteiger partial charge < -0.3 is 0 Å². The molecule has 33 heavy (non-hydrogen) atoms. The summed E-state index contributed by atoms with van der Waals surface area (Å²) in [4.78, 5) is 2.74. The van der Waals surface area contributed by atoms with Gasteiger partial charge in [-0.05, 0) is 111 Å². The van der Waals surface area contributed by atoms with Crippen molar-refractivity contribution in [1.82, 2.24) is 0 Å². The molecule has 4 rings (SSSR count). The van der Waals surface area contributed by atoms with Crippen LogP contribution < -0.4 is 0 Å². The molecule has 0 unspecified atom stereocenters. The molecule has 168 valence electrons. The van der Waals surface area contributed by atoms with Crippen molar-refractivity contribution in [2.24, 2.45) is 0 Å². The Bertz CT molecular complexity index is 1250. The highest BCUT2D eigenvalue weighted by Crippen LogP contribution is 2.43. The van der Waals surface area contributed by atoms with Crippen molar-refractivity contribution in [3.05, 3.63) is 105 Å². The Balaban J connectivity index is 1.83. The van der Waals surface area contributed by atoms with Crippen molar-refractivity contribution < 1.29 is 0 Å². The molecule has 4 aromatic carbocycles. The Morgan fingerprint density at radius 2 is 0.758 bits per heavy atom. The molecule has 0 aliphatic carbocycles. The largest absolute Gasteiger partial charge is 0.0889 e. The molecule has 1 heteroatoms. The van der Waals surface area contributed by atoms with Crippen molar-refractivity contribution in [2.75, 3.05) is 0 Å². The molecule has 4 aromatic rings. The lowest BCUT2D eigenvalue weighted by Crippen LogP contribution is -1.96. The van der Waals surface area contributed by atoms with Crippen molar-refractivity contribution in [2.45, 2.75) is 65.2 Å². The smallest absolute Gasteiger partial charge is 0.0187 e. The van der Waals surface area contributed by atoms with Crippen molar-refractivity contribution in [3.63, 3.8) is 0 Å². The topological polar surface area (TPSA) is 0 Å². The first-order valence-corrected chi connectivity index (χ1v) is 12.5. The number of hydrogen-bond donors (Lipinski definition) is 0. The minimum absolute atomic E-state index is 1.31. The molecule has 0 spiro atoms. The lowest BCUT2D eigenvalue weighted by molar-refractivity contribution is 1.18. The van der Waals surface area contributed by atoms with Gasteiger partial charge in [0.05, 0.1) is 0 Å². The third-order valence-corrected chi connectivity index (χ3v) is 8.42. The Hall–Kier alpha value is -2.77. The maximum atomic E-state index is 2.29. The van der Waals surface area contributed by atoms with Gasteiger partial charge in [0.15, 0.2) is 0 Å². The first-order chi connectivity index (χ1) is 15.7. The molecule has 0 fully saturated rings. The lowest BCUT2D eigenvalue weighted by Gasteiger charge is -2.20. The van der Waals surface area contributed by atoms with Crippen LogP contribution in [0.15, 0.2) is 70.5 Å². The van der Waals surface area contributed by atoms with Gasteiger partial charge in [0, 0.05) is 9.79 Å². The van der Waals surface area contributed by atoms with E-state index in [1.165, 1.54) is 76.6 Å². The number of rotatable bonds is 4. The summed E-state index contributed by atoms with van der Waals surface area (Å²) in [5, 5.41) is 0. The third-order valence-electron chi connectivity index (χ3n) is 6.75. The molecular weight excluding hydrogens is 416 g/mol. The minimum atomic E-state index is 1.31. The highest BCUT2D eigenvalue weighted by molar-refractivity contribution is 7.99. The molecule has 0 bridgehead atoms. The van der Waals surface area contributed by atoms with Gasteiger partial charge in [-0.2, -0.15) is 0 Å². The minimum Gasteiger partial charge on any atom is -0.0889 e. The monoisotopic (exact) mass is 450 g/mol. The highest BCUT2D eigenvalue weighted by atomic mass is 32.2. The zero-order valence-corrected chi connectivity index (χ0v) is 22.0. The van der Waals surface area contributed by atoms with Gasteiger partial charge in [-0.3, -0.25) is 0 Å². The van der Waals surface area contributed by atoms with Crippen LogP contribution in [0, 0.1) is 55.4 Å². The standard InChI is InChI=1S/C32H34S/c1-19-9-13-27(23(5)17-19)29-15-11-21(3)31(25(29)7)33-32-22(4)12-16-30(26(32)8)28-14-10-20(2)18-24(28)6/h9-18H,1-8H3. The predicted molar refractivity (Wildman–Crippen MR) is 146 cm³/mol. The Morgan fingerprint density at radius 1 is 0.394 bits per heavy atom. The summed E-state index contributed by atoms with van der Waals surface area (Å²) in [6, 6.07) is 22.7. The highest BCUT2D eigenvalue weighted by Gasteiger charge is 2.17. The molecule has 0 aromatic heterocycles. The molecule has 0 nitrogen and oxygen atoms in total. The third kappa shape index (κ3) is 4.52. The van der Waals surface area contributed by atoms with E-state index in [1.54, 1.807) is 0 Å². The molecule has 0 aliphatic heterocycles. The van der Waals surface area contributed by atoms with Crippen LogP contribution in [-0.2, 0) is 0 Å². The Kier molecular flexibility index (Phi) is 6.54. The molecule has 0 N–H and O–H groups in total. The molecule has 0 saturated heterocycles. The second kappa shape index (κ2) is 9.23. The summed E-state index contributed by atoms with van der Waals surface area (Å²) in [6.07, 6.45) is 0. The maximum Gasteiger partial charge on any atom is 0.0187 e. The van der Waals surface area contributed by atoms with Gasteiger partial charge in [-0.15, -0.1) is 0 Å². The van der Waals surface area contributed by atoms with Crippen LogP contribution in [0.5, 0.6) is 0 Å². The van der Waals surface area contributed by atoms with E-state index < -0.39 is 0 Å². The van der Waals surface area contributed by atoms with E-state index in [1.807, 2.05) is 11.8 Å². The van der Waals surface area contributed by atoms with Crippen LogP contribution in [0.4, 0.5) is 0 Å². The summed E-state index contributed by atoms with van der Waals surface area (Å²) < 4.78 is 0. The zero-order valence-electron chi connectivity index (χ0n) is 21.2.